The van der Waals surface area contributed by atoms with Gasteiger partial charge in [-0.15, -0.1) is 0 Å². The minimum atomic E-state index is -1.40. The van der Waals surface area contributed by atoms with Crippen molar-refractivity contribution in [3.63, 3.8) is 0 Å². The van der Waals surface area contributed by atoms with Crippen LogP contribution in [0.4, 0.5) is 0 Å². The van der Waals surface area contributed by atoms with Gasteiger partial charge in [-0.2, -0.15) is 0 Å². The van der Waals surface area contributed by atoms with E-state index in [1.54, 1.807) is 0 Å². The third-order valence-corrected chi connectivity index (χ3v) is 1.52. The summed E-state index contributed by atoms with van der Waals surface area (Å²) in [6, 6.07) is 0. The fourth-order valence-electron chi connectivity index (χ4n) is 0.841. The summed E-state index contributed by atoms with van der Waals surface area (Å²) in [5, 5.41) is 2.42. The van der Waals surface area contributed by atoms with E-state index in [0.29, 0.717) is 0 Å². The molecule has 0 bridgehead atoms. The zero-order chi connectivity index (χ0) is 11.4. The Kier molecular flexibility index (Phi) is 21.4. The van der Waals surface area contributed by atoms with Crippen molar-refractivity contribution >= 4 is 75.0 Å². The Labute approximate surface area is 130 Å². The van der Waals surface area contributed by atoms with Crippen molar-refractivity contribution in [3.05, 3.63) is 0 Å². The van der Waals surface area contributed by atoms with Gasteiger partial charge in [0.15, 0.2) is 0 Å². The van der Waals surface area contributed by atoms with Crippen molar-refractivity contribution in [3.8, 4) is 0 Å². The molecule has 0 aliphatic carbocycles. The van der Waals surface area contributed by atoms with Gasteiger partial charge >= 0.3 is 75.0 Å². The number of unbranched alkanes of at least 4 members (excludes halogenated alkanes) is 2. The van der Waals surface area contributed by atoms with Gasteiger partial charge in [-0.3, -0.25) is 0 Å². The van der Waals surface area contributed by atoms with E-state index in [1.807, 2.05) is 0 Å². The predicted molar refractivity (Wildman–Crippen MR) is 103 cm³/mol. The van der Waals surface area contributed by atoms with Crippen LogP contribution in [0.2, 0.25) is 0 Å². The quantitative estimate of drug-likeness (QED) is 0.234. The van der Waals surface area contributed by atoms with E-state index in [9.17, 15) is 0 Å². The normalized spacial score (nSPS) is 10.7. The average Bonchev–Trinajstić information content (AvgIpc) is 2.01. The van der Waals surface area contributed by atoms with E-state index in [2.05, 4.69) is 90.2 Å². The van der Waals surface area contributed by atoms with E-state index in [-0.39, 0.29) is 0 Å². The van der Waals surface area contributed by atoms with Crippen molar-refractivity contribution in [2.75, 3.05) is 13.1 Å². The number of nitrogens with two attached hydrogens (primary N) is 1. The molecule has 0 aliphatic heterocycles. The molecule has 0 aliphatic rings. The number of hydrogen-bond donors (Lipinski definition) is 1. The first kappa shape index (κ1) is 20.1. The molecule has 1 nitrogen and oxygen atoms in total. The average molecular weight is 845 g/mol. The summed E-state index contributed by atoms with van der Waals surface area (Å²) in [4.78, 5) is 0. The molecule has 6 heteroatoms. The van der Waals surface area contributed by atoms with Gasteiger partial charge in [-0.1, -0.05) is 26.7 Å². The van der Waals surface area contributed by atoms with Gasteiger partial charge < -0.3 is 5.32 Å². The fourth-order valence-corrected chi connectivity index (χ4v) is 0.841. The summed E-state index contributed by atoms with van der Waals surface area (Å²) in [7, 11) is 0. The van der Waals surface area contributed by atoms with Crippen molar-refractivity contribution in [1.82, 2.24) is 0 Å². The molecule has 0 aromatic carbocycles. The number of rotatable bonds is 6. The van der Waals surface area contributed by atoms with E-state index in [1.165, 1.54) is 38.8 Å². The maximum atomic E-state index is 2.56. The molecule has 0 rings (SSSR count). The molecule has 0 spiro atoms. The van der Waals surface area contributed by atoms with E-state index < -0.39 is 4.00 Å². The molecule has 0 radical (unpaired) electrons. The van der Waals surface area contributed by atoms with Gasteiger partial charge in [0.05, 0.1) is 13.1 Å². The molecule has 0 aromatic heterocycles. The Morgan fingerprint density at radius 2 is 1.14 bits per heavy atom. The van der Waals surface area contributed by atoms with E-state index in [4.69, 9.17) is 0 Å². The van der Waals surface area contributed by atoms with Crippen LogP contribution in [0.25, 0.3) is 0 Å². The number of hydrogen-bond acceptors (Lipinski definition) is 0. The molecule has 0 saturated heterocycles. The van der Waals surface area contributed by atoms with Crippen LogP contribution in [0.15, 0.2) is 0 Å². The third kappa shape index (κ3) is 36.0. The molecular formula is C8H20I4NPb+. The number of halogens is 4. The van der Waals surface area contributed by atoms with Crippen LogP contribution >= 0.6 is 71.0 Å². The molecule has 0 saturated carbocycles. The van der Waals surface area contributed by atoms with Crippen LogP contribution < -0.4 is 5.32 Å². The molecule has 0 fully saturated rings. The second-order valence-corrected chi connectivity index (χ2v) is 172. The third-order valence-electron chi connectivity index (χ3n) is 1.52. The number of quaternary nitrogens is 1. The Bertz CT molecular complexity index is 96.0. The Hall–Kier alpha value is 3.80. The van der Waals surface area contributed by atoms with Gasteiger partial charge in [0.1, 0.15) is 0 Å². The molecule has 14 heavy (non-hydrogen) atoms. The molecule has 0 amide bonds. The first-order valence-corrected chi connectivity index (χ1v) is 48.7. The summed E-state index contributed by atoms with van der Waals surface area (Å²) < 4.78 is -1.40. The molecule has 0 aromatic rings. The van der Waals surface area contributed by atoms with Crippen LogP contribution in [0, 0.1) is 0 Å². The van der Waals surface area contributed by atoms with E-state index >= 15 is 0 Å². The molecule has 88 valence electrons. The van der Waals surface area contributed by atoms with Gasteiger partial charge in [0, 0.05) is 0 Å². The van der Waals surface area contributed by atoms with Gasteiger partial charge in [0.25, 0.3) is 0 Å². The summed E-state index contributed by atoms with van der Waals surface area (Å²) >= 11 is 10.2. The van der Waals surface area contributed by atoms with Crippen LogP contribution in [0.1, 0.15) is 39.5 Å². The summed E-state index contributed by atoms with van der Waals surface area (Å²) in [6.45, 7) is 7.15. The fraction of sp³-hybridized carbons (Fsp3) is 1.00. The van der Waals surface area contributed by atoms with Crippen LogP contribution in [-0.4, -0.2) is 17.1 Å². The molecule has 0 unspecified atom stereocenters. The SMILES string of the molecule is CCCC[NH2+]CCCC.[I][Pb]([I])([I])[I]. The second-order valence-electron chi connectivity index (χ2n) is 3.00. The molecule has 2 N–H and O–H groups in total. The predicted octanol–water partition coefficient (Wildman–Crippen LogP) is 4.31. The monoisotopic (exact) mass is 846 g/mol. The maximum absolute atomic E-state index is 2.56. The van der Waals surface area contributed by atoms with Crippen molar-refractivity contribution < 1.29 is 5.32 Å². The molecule has 0 atom stereocenters. The summed E-state index contributed by atoms with van der Waals surface area (Å²) in [5.74, 6) is 0. The van der Waals surface area contributed by atoms with Gasteiger partial charge in [-0.05, 0) is 12.8 Å². The van der Waals surface area contributed by atoms with Crippen LogP contribution in [0.5, 0.6) is 0 Å². The van der Waals surface area contributed by atoms with E-state index in [0.717, 1.165) is 0 Å². The summed E-state index contributed by atoms with van der Waals surface area (Å²) in [5.41, 5.74) is 0. The standard InChI is InChI=1S/C8H19N.4HI.Pb/c1-3-5-7-9-8-6-4-2;;;;;/h9H,3-8H2,1-2H3;4*1H;/q;;;;;+4/p-3. The van der Waals surface area contributed by atoms with Crippen LogP contribution in [0.3, 0.4) is 0 Å². The van der Waals surface area contributed by atoms with Crippen molar-refractivity contribution in [1.29, 1.82) is 0 Å². The molecular weight excluding hydrogens is 825 g/mol. The Balaban J connectivity index is 0. The zero-order valence-corrected chi connectivity index (χ0v) is 21.3. The van der Waals surface area contributed by atoms with Crippen molar-refractivity contribution in [2.45, 2.75) is 39.5 Å². The second kappa shape index (κ2) is 14.9. The zero-order valence-electron chi connectivity index (χ0n) is 8.83. The molecule has 0 heterocycles. The van der Waals surface area contributed by atoms with Crippen LogP contribution in [-0.2, 0) is 0 Å². The summed E-state index contributed by atoms with van der Waals surface area (Å²) in [6.07, 6.45) is 5.43. The first-order chi connectivity index (χ1) is 6.41. The van der Waals surface area contributed by atoms with Crippen molar-refractivity contribution in [2.24, 2.45) is 0 Å². The van der Waals surface area contributed by atoms with Gasteiger partial charge in [-0.25, -0.2) is 0 Å². The first-order valence-electron chi connectivity index (χ1n) is 4.99. The van der Waals surface area contributed by atoms with Gasteiger partial charge in [0.2, 0.25) is 0 Å². The topological polar surface area (TPSA) is 16.6 Å². The minimum absolute atomic E-state index is 1.33. The Morgan fingerprint density at radius 1 is 0.857 bits per heavy atom. The Morgan fingerprint density at radius 3 is 1.36 bits per heavy atom.